The van der Waals surface area contributed by atoms with E-state index in [-0.39, 0.29) is 24.2 Å². The number of quaternary nitrogens is 1. The van der Waals surface area contributed by atoms with Gasteiger partial charge in [0, 0.05) is 25.7 Å². The molecule has 2 N–H and O–H groups in total. The fraction of sp³-hybridized carbons (Fsp3) is 0.400. The number of likely N-dealkylation sites (N-methyl/N-ethyl adjacent to an activating group) is 1. The summed E-state index contributed by atoms with van der Waals surface area (Å²) in [6.07, 6.45) is 4.07. The number of hydrogen-bond acceptors (Lipinski definition) is 2. The highest BCUT2D eigenvalue weighted by molar-refractivity contribution is 5.62. The molecule has 33 heavy (non-hydrogen) atoms. The van der Waals surface area contributed by atoms with E-state index in [0.29, 0.717) is 6.04 Å². The van der Waals surface area contributed by atoms with Crippen LogP contribution in [0, 0.1) is 0 Å². The molecule has 5 atom stereocenters. The Morgan fingerprint density at radius 3 is 1.88 bits per heavy atom. The van der Waals surface area contributed by atoms with Crippen LogP contribution in [0.15, 0.2) is 91.0 Å². The molecule has 0 saturated carbocycles. The van der Waals surface area contributed by atoms with Gasteiger partial charge in [-0.05, 0) is 23.6 Å². The zero-order valence-electron chi connectivity index (χ0n) is 20.0. The summed E-state index contributed by atoms with van der Waals surface area (Å²) in [6, 6.07) is 31.7. The molecule has 0 aliphatic carbocycles. The zero-order chi connectivity index (χ0) is 23.3. The summed E-state index contributed by atoms with van der Waals surface area (Å²) in [5, 5.41) is 20.0. The molecule has 5 unspecified atom stereocenters. The number of fused-ring (bicyclic) bond motifs is 2. The number of piperidine rings is 1. The van der Waals surface area contributed by atoms with Crippen molar-refractivity contribution in [1.29, 1.82) is 0 Å². The van der Waals surface area contributed by atoms with E-state index in [4.69, 9.17) is 0 Å². The summed E-state index contributed by atoms with van der Waals surface area (Å²) in [5.41, 5.74) is 3.94. The predicted octanol–water partition coefficient (Wildman–Crippen LogP) is 5.64. The quantitative estimate of drug-likeness (QED) is 0.500. The molecule has 2 fully saturated rings. The van der Waals surface area contributed by atoms with Gasteiger partial charge >= 0.3 is 0 Å². The SMILES string of the molecule is CC12CCC(CC(O)C1)[N+]2(C)CC(CO)c1ccccc1.c1ccc(-c2ccccc2)cc1. The number of aliphatic hydroxyl groups excluding tert-OH is 2. The maximum atomic E-state index is 10.1. The second-order valence-electron chi connectivity index (χ2n) is 10.3. The van der Waals surface area contributed by atoms with Crippen molar-refractivity contribution in [1.82, 2.24) is 0 Å². The molecule has 2 heterocycles. The predicted molar refractivity (Wildman–Crippen MR) is 136 cm³/mol. The minimum atomic E-state index is -0.141. The van der Waals surface area contributed by atoms with Gasteiger partial charge < -0.3 is 14.7 Å². The van der Waals surface area contributed by atoms with Crippen LogP contribution in [0.5, 0.6) is 0 Å². The van der Waals surface area contributed by atoms with Crippen LogP contribution in [0.1, 0.15) is 44.1 Å². The van der Waals surface area contributed by atoms with Gasteiger partial charge in [-0.25, -0.2) is 0 Å². The highest BCUT2D eigenvalue weighted by Gasteiger charge is 2.59. The lowest BCUT2D eigenvalue weighted by Gasteiger charge is -2.53. The lowest BCUT2D eigenvalue weighted by atomic mass is 9.84. The summed E-state index contributed by atoms with van der Waals surface area (Å²) in [4.78, 5) is 0. The minimum Gasteiger partial charge on any atom is -0.396 e. The van der Waals surface area contributed by atoms with Crippen molar-refractivity contribution >= 4 is 0 Å². The molecule has 3 heteroatoms. The summed E-state index contributed by atoms with van der Waals surface area (Å²) in [6.45, 7) is 3.49. The largest absolute Gasteiger partial charge is 0.396 e. The first-order valence-electron chi connectivity index (χ1n) is 12.2. The van der Waals surface area contributed by atoms with Crippen LogP contribution in [0.4, 0.5) is 0 Å². The maximum absolute atomic E-state index is 10.1. The monoisotopic (exact) mass is 444 g/mol. The van der Waals surface area contributed by atoms with E-state index in [9.17, 15) is 10.2 Å². The Morgan fingerprint density at radius 2 is 1.39 bits per heavy atom. The van der Waals surface area contributed by atoms with Crippen molar-refractivity contribution in [2.75, 3.05) is 20.2 Å². The Kier molecular flexibility index (Phi) is 7.33. The Hall–Kier alpha value is -2.46. The summed E-state index contributed by atoms with van der Waals surface area (Å²) < 4.78 is 1.00. The highest BCUT2D eigenvalue weighted by Crippen LogP contribution is 2.50. The van der Waals surface area contributed by atoms with Crippen LogP contribution in [0.3, 0.4) is 0 Å². The van der Waals surface area contributed by atoms with Gasteiger partial charge in [-0.15, -0.1) is 0 Å². The molecule has 2 saturated heterocycles. The highest BCUT2D eigenvalue weighted by atomic mass is 16.3. The number of nitrogens with zero attached hydrogens (tertiary/aromatic N) is 1. The van der Waals surface area contributed by atoms with E-state index in [1.807, 2.05) is 30.3 Å². The van der Waals surface area contributed by atoms with Gasteiger partial charge in [0.1, 0.15) is 0 Å². The van der Waals surface area contributed by atoms with E-state index < -0.39 is 0 Å². The normalized spacial score (nSPS) is 29.1. The standard InChI is InChI=1S/C18H28NO2.C12H10/c1-18-9-8-16(10-17(21)11-18)19(18,2)12-15(13-20)14-6-4-3-5-7-14;1-3-7-11(8-4-1)12-9-5-2-6-10-12/h3-7,15-17,20-21H,8-13H2,1-2H3;1-10H/q+1;. The van der Waals surface area contributed by atoms with Gasteiger partial charge in [0.05, 0.1) is 43.8 Å². The van der Waals surface area contributed by atoms with Crippen LogP contribution in [-0.2, 0) is 0 Å². The molecular weight excluding hydrogens is 406 g/mol. The molecule has 3 nitrogen and oxygen atoms in total. The fourth-order valence-electron chi connectivity index (χ4n) is 6.11. The Balaban J connectivity index is 0.000000183. The van der Waals surface area contributed by atoms with Gasteiger partial charge in [0.15, 0.2) is 0 Å². The topological polar surface area (TPSA) is 40.5 Å². The van der Waals surface area contributed by atoms with Crippen LogP contribution in [0.25, 0.3) is 11.1 Å². The number of aliphatic hydroxyl groups is 2. The minimum absolute atomic E-state index is 0.141. The average Bonchev–Trinajstić information content (AvgIpc) is 2.98. The van der Waals surface area contributed by atoms with E-state index in [0.717, 1.165) is 23.9 Å². The van der Waals surface area contributed by atoms with Crippen molar-refractivity contribution in [3.05, 3.63) is 96.6 Å². The molecular formula is C30H38NO2+. The lowest BCUT2D eigenvalue weighted by molar-refractivity contribution is -0.973. The average molecular weight is 445 g/mol. The first kappa shape index (κ1) is 23.7. The third kappa shape index (κ3) is 5.06. The lowest BCUT2D eigenvalue weighted by Crippen LogP contribution is -2.66. The summed E-state index contributed by atoms with van der Waals surface area (Å²) in [7, 11) is 2.34. The van der Waals surface area contributed by atoms with Gasteiger partial charge in [-0.2, -0.15) is 0 Å². The Morgan fingerprint density at radius 1 is 0.879 bits per heavy atom. The molecule has 0 radical (unpaired) electrons. The van der Waals surface area contributed by atoms with E-state index >= 15 is 0 Å². The van der Waals surface area contributed by atoms with Crippen LogP contribution in [-0.4, -0.2) is 52.6 Å². The Bertz CT molecular complexity index is 956. The number of rotatable bonds is 5. The maximum Gasteiger partial charge on any atom is 0.0991 e. The molecule has 0 spiro atoms. The van der Waals surface area contributed by atoms with Gasteiger partial charge in [0.2, 0.25) is 0 Å². The van der Waals surface area contributed by atoms with E-state index in [1.54, 1.807) is 0 Å². The van der Waals surface area contributed by atoms with Crippen molar-refractivity contribution in [3.8, 4) is 11.1 Å². The third-order valence-corrected chi connectivity index (χ3v) is 8.25. The van der Waals surface area contributed by atoms with E-state index in [2.05, 4.69) is 74.6 Å². The van der Waals surface area contributed by atoms with Gasteiger partial charge in [-0.3, -0.25) is 0 Å². The smallest absolute Gasteiger partial charge is 0.0991 e. The molecule has 174 valence electrons. The van der Waals surface area contributed by atoms with Crippen molar-refractivity contribution in [2.45, 2.75) is 56.2 Å². The van der Waals surface area contributed by atoms with Crippen LogP contribution in [0.2, 0.25) is 0 Å². The second-order valence-corrected chi connectivity index (χ2v) is 10.3. The van der Waals surface area contributed by atoms with E-state index in [1.165, 1.54) is 29.5 Å². The molecule has 3 aromatic rings. The van der Waals surface area contributed by atoms with Crippen LogP contribution < -0.4 is 0 Å². The number of benzene rings is 3. The molecule has 2 aliphatic heterocycles. The Labute approximate surface area is 198 Å². The molecule has 0 amide bonds. The molecule has 2 aliphatic rings. The molecule has 5 rings (SSSR count). The molecule has 0 aromatic heterocycles. The van der Waals surface area contributed by atoms with Gasteiger partial charge in [0.25, 0.3) is 0 Å². The van der Waals surface area contributed by atoms with Crippen LogP contribution >= 0.6 is 0 Å². The number of hydrogen-bond donors (Lipinski definition) is 2. The summed E-state index contributed by atoms with van der Waals surface area (Å²) >= 11 is 0. The molecule has 2 bridgehead atoms. The first-order chi connectivity index (χ1) is 15.9. The van der Waals surface area contributed by atoms with Crippen molar-refractivity contribution in [3.63, 3.8) is 0 Å². The van der Waals surface area contributed by atoms with Crippen molar-refractivity contribution < 1.29 is 14.7 Å². The fourth-order valence-corrected chi connectivity index (χ4v) is 6.11. The van der Waals surface area contributed by atoms with Gasteiger partial charge in [-0.1, -0.05) is 91.0 Å². The first-order valence-corrected chi connectivity index (χ1v) is 12.2. The summed E-state index contributed by atoms with van der Waals surface area (Å²) in [5.74, 6) is 0.186. The third-order valence-electron chi connectivity index (χ3n) is 8.25. The second kappa shape index (κ2) is 10.2. The van der Waals surface area contributed by atoms with Crippen molar-refractivity contribution in [2.24, 2.45) is 0 Å². The zero-order valence-corrected chi connectivity index (χ0v) is 20.0. The molecule has 3 aromatic carbocycles.